The van der Waals surface area contributed by atoms with Crippen LogP contribution in [-0.2, 0) is 11.2 Å². The van der Waals surface area contributed by atoms with Crippen LogP contribution < -0.4 is 11.5 Å². The number of nitrogens with zero attached hydrogens (tertiary/aromatic N) is 1. The van der Waals surface area contributed by atoms with E-state index >= 15 is 0 Å². The van der Waals surface area contributed by atoms with Crippen molar-refractivity contribution in [1.29, 1.82) is 0 Å². The van der Waals surface area contributed by atoms with E-state index in [4.69, 9.17) is 0 Å². The molecule has 0 atom stereocenters. The van der Waals surface area contributed by atoms with Crippen LogP contribution in [0.4, 0.5) is 0 Å². The normalized spacial score (nSPS) is 11.1. The summed E-state index contributed by atoms with van der Waals surface area (Å²) >= 11 is 0. The quantitative estimate of drug-likeness (QED) is 0.482. The Kier molecular flexibility index (Phi) is 10.6. The molecule has 0 fully saturated rings. The molecule has 0 unspecified atom stereocenters. The standard InChI is InChI=1S/C24H37N3O/c25-16-7-1-3-9-18-27(19-10-4-2-8-17-26)24(28)20-22-14-11-13-21-12-5-6-15-23(21)22/h5-6,11-15H,1-4,7-10,16-20,25-26H2/p+2. The van der Waals surface area contributed by atoms with E-state index in [0.717, 1.165) is 44.6 Å². The van der Waals surface area contributed by atoms with Gasteiger partial charge in [0.25, 0.3) is 0 Å². The zero-order valence-electron chi connectivity index (χ0n) is 17.5. The van der Waals surface area contributed by atoms with Crippen LogP contribution in [-0.4, -0.2) is 37.0 Å². The first-order valence-corrected chi connectivity index (χ1v) is 11.1. The minimum absolute atomic E-state index is 0.269. The Balaban J connectivity index is 1.95. The summed E-state index contributed by atoms with van der Waals surface area (Å²) in [5, 5.41) is 2.41. The lowest BCUT2D eigenvalue weighted by molar-refractivity contribution is -0.368. The van der Waals surface area contributed by atoms with Crippen molar-refractivity contribution in [2.75, 3.05) is 26.2 Å². The Morgan fingerprint density at radius 1 is 0.714 bits per heavy atom. The number of amides is 1. The monoisotopic (exact) mass is 385 g/mol. The predicted octanol–water partition coefficient (Wildman–Crippen LogP) is 2.82. The summed E-state index contributed by atoms with van der Waals surface area (Å²) in [6.07, 6.45) is 9.89. The van der Waals surface area contributed by atoms with Crippen molar-refractivity contribution in [3.05, 3.63) is 48.0 Å². The van der Waals surface area contributed by atoms with Gasteiger partial charge in [-0.3, -0.25) is 4.79 Å². The third-order valence-corrected chi connectivity index (χ3v) is 5.43. The molecule has 154 valence electrons. The number of rotatable bonds is 14. The Morgan fingerprint density at radius 2 is 1.29 bits per heavy atom. The van der Waals surface area contributed by atoms with Crippen LogP contribution in [0.3, 0.4) is 0 Å². The molecule has 0 saturated heterocycles. The second-order valence-electron chi connectivity index (χ2n) is 7.73. The van der Waals surface area contributed by atoms with Crippen molar-refractivity contribution >= 4 is 16.7 Å². The molecule has 4 nitrogen and oxygen atoms in total. The van der Waals surface area contributed by atoms with Gasteiger partial charge in [-0.2, -0.15) is 0 Å². The Morgan fingerprint density at radius 3 is 1.93 bits per heavy atom. The highest BCUT2D eigenvalue weighted by molar-refractivity contribution is 5.90. The number of fused-ring (bicyclic) bond motifs is 1. The molecule has 2 aromatic rings. The lowest BCUT2D eigenvalue weighted by atomic mass is 10.0. The summed E-state index contributed by atoms with van der Waals surface area (Å²) in [6.45, 7) is 3.79. The summed E-state index contributed by atoms with van der Waals surface area (Å²) in [4.78, 5) is 15.2. The molecule has 0 bridgehead atoms. The van der Waals surface area contributed by atoms with Gasteiger partial charge in [0, 0.05) is 13.1 Å². The predicted molar refractivity (Wildman–Crippen MR) is 117 cm³/mol. The molecule has 6 N–H and O–H groups in total. The van der Waals surface area contributed by atoms with Crippen molar-refractivity contribution in [3.8, 4) is 0 Å². The molecule has 0 saturated carbocycles. The number of benzene rings is 2. The first-order chi connectivity index (χ1) is 13.8. The van der Waals surface area contributed by atoms with E-state index in [1.54, 1.807) is 0 Å². The minimum atomic E-state index is 0.269. The summed E-state index contributed by atoms with van der Waals surface area (Å²) < 4.78 is 0. The van der Waals surface area contributed by atoms with Gasteiger partial charge in [-0.05, 0) is 54.9 Å². The highest BCUT2D eigenvalue weighted by atomic mass is 16.2. The number of hydrogen-bond acceptors (Lipinski definition) is 1. The Hall–Kier alpha value is -1.91. The van der Waals surface area contributed by atoms with Crippen molar-refractivity contribution in [3.63, 3.8) is 0 Å². The van der Waals surface area contributed by atoms with E-state index in [1.165, 1.54) is 49.3 Å². The lowest BCUT2D eigenvalue weighted by Gasteiger charge is -2.23. The van der Waals surface area contributed by atoms with Crippen molar-refractivity contribution in [2.45, 2.75) is 57.8 Å². The van der Waals surface area contributed by atoms with Crippen molar-refractivity contribution < 1.29 is 16.3 Å². The third-order valence-electron chi connectivity index (χ3n) is 5.43. The second kappa shape index (κ2) is 13.3. The largest absolute Gasteiger partial charge is 0.358 e. The average molecular weight is 386 g/mol. The van der Waals surface area contributed by atoms with E-state index < -0.39 is 0 Å². The summed E-state index contributed by atoms with van der Waals surface area (Å²) in [5.41, 5.74) is 8.97. The van der Waals surface area contributed by atoms with E-state index in [0.29, 0.717) is 6.42 Å². The number of carbonyl (C=O) groups excluding carboxylic acids is 1. The van der Waals surface area contributed by atoms with Crippen LogP contribution in [0.15, 0.2) is 42.5 Å². The van der Waals surface area contributed by atoms with Crippen molar-refractivity contribution in [2.24, 2.45) is 0 Å². The molecule has 0 aliphatic carbocycles. The number of quaternary nitrogens is 2. The van der Waals surface area contributed by atoms with E-state index in [-0.39, 0.29) is 5.91 Å². The van der Waals surface area contributed by atoms with Gasteiger partial charge in [0.1, 0.15) is 0 Å². The molecule has 1 amide bonds. The van der Waals surface area contributed by atoms with Gasteiger partial charge in [0.2, 0.25) is 5.91 Å². The second-order valence-corrected chi connectivity index (χ2v) is 7.73. The molecule has 2 aromatic carbocycles. The van der Waals surface area contributed by atoms with Crippen LogP contribution >= 0.6 is 0 Å². The number of hydrogen-bond donors (Lipinski definition) is 2. The molecule has 4 heteroatoms. The maximum atomic E-state index is 13.1. The fourth-order valence-corrected chi connectivity index (χ4v) is 3.75. The average Bonchev–Trinajstić information content (AvgIpc) is 2.72. The first-order valence-electron chi connectivity index (χ1n) is 11.1. The van der Waals surface area contributed by atoms with Crippen LogP contribution in [0, 0.1) is 0 Å². The van der Waals surface area contributed by atoms with Gasteiger partial charge in [-0.1, -0.05) is 55.3 Å². The SMILES string of the molecule is [NH3+]CCCCCCN(CCCCCC[NH3+])C(=O)Cc1cccc2ccccc12. The number of unbranched alkanes of at least 4 members (excludes halogenated alkanes) is 6. The highest BCUT2D eigenvalue weighted by Gasteiger charge is 2.15. The van der Waals surface area contributed by atoms with Crippen LogP contribution in [0.1, 0.15) is 56.9 Å². The Labute approximate surface area is 170 Å². The minimum Gasteiger partial charge on any atom is -0.358 e. The zero-order valence-corrected chi connectivity index (χ0v) is 17.5. The smallest absolute Gasteiger partial charge is 0.227 e. The molecular weight excluding hydrogens is 346 g/mol. The molecule has 28 heavy (non-hydrogen) atoms. The summed E-state index contributed by atoms with van der Waals surface area (Å²) in [6, 6.07) is 14.6. The van der Waals surface area contributed by atoms with E-state index in [9.17, 15) is 4.79 Å². The molecular formula is C24H39N3O+2. The fraction of sp³-hybridized carbons (Fsp3) is 0.542. The topological polar surface area (TPSA) is 75.6 Å². The molecule has 0 heterocycles. The van der Waals surface area contributed by atoms with Gasteiger partial charge in [0.05, 0.1) is 19.5 Å². The van der Waals surface area contributed by atoms with Crippen molar-refractivity contribution in [1.82, 2.24) is 4.90 Å². The van der Waals surface area contributed by atoms with Crippen LogP contribution in [0.5, 0.6) is 0 Å². The van der Waals surface area contributed by atoms with Gasteiger partial charge >= 0.3 is 0 Å². The van der Waals surface area contributed by atoms with E-state index in [2.05, 4.69) is 58.8 Å². The van der Waals surface area contributed by atoms with Crippen LogP contribution in [0.25, 0.3) is 10.8 Å². The summed E-state index contributed by atoms with van der Waals surface area (Å²) in [5.74, 6) is 0.269. The fourth-order valence-electron chi connectivity index (χ4n) is 3.75. The lowest BCUT2D eigenvalue weighted by Crippen LogP contribution is -2.50. The van der Waals surface area contributed by atoms with Gasteiger partial charge in [0.15, 0.2) is 0 Å². The maximum Gasteiger partial charge on any atom is 0.227 e. The molecule has 0 aromatic heterocycles. The third kappa shape index (κ3) is 7.61. The zero-order chi connectivity index (χ0) is 20.0. The summed E-state index contributed by atoms with van der Waals surface area (Å²) in [7, 11) is 0. The molecule has 0 radical (unpaired) electrons. The van der Waals surface area contributed by atoms with Gasteiger partial charge in [-0.15, -0.1) is 0 Å². The first kappa shape index (κ1) is 22.4. The van der Waals surface area contributed by atoms with Crippen LogP contribution in [0.2, 0.25) is 0 Å². The van der Waals surface area contributed by atoms with Gasteiger partial charge in [-0.25, -0.2) is 0 Å². The molecule has 2 rings (SSSR count). The Bertz CT molecular complexity index is 682. The molecule has 0 spiro atoms. The highest BCUT2D eigenvalue weighted by Crippen LogP contribution is 2.20. The van der Waals surface area contributed by atoms with E-state index in [1.807, 2.05) is 0 Å². The molecule has 0 aliphatic rings. The maximum absolute atomic E-state index is 13.1. The van der Waals surface area contributed by atoms with Gasteiger partial charge < -0.3 is 16.4 Å². The number of carbonyl (C=O) groups is 1. The molecule has 0 aliphatic heterocycles.